The molecule has 0 bridgehead atoms. The second-order valence-corrected chi connectivity index (χ2v) is 12.8. The summed E-state index contributed by atoms with van der Waals surface area (Å²) in [6.07, 6.45) is 0. The van der Waals surface area contributed by atoms with E-state index in [4.69, 9.17) is 19.4 Å². The van der Waals surface area contributed by atoms with Crippen LogP contribution >= 0.6 is 0 Å². The molecule has 10 aromatic rings. The monoisotopic (exact) mass is 651 g/mol. The van der Waals surface area contributed by atoms with Crippen LogP contribution in [-0.2, 0) is 0 Å². The van der Waals surface area contributed by atoms with E-state index in [-0.39, 0.29) is 0 Å². The van der Waals surface area contributed by atoms with Gasteiger partial charge in [-0.25, -0.2) is 15.0 Å². The highest BCUT2D eigenvalue weighted by atomic mass is 16.3. The first-order chi connectivity index (χ1) is 25.3. The summed E-state index contributed by atoms with van der Waals surface area (Å²) in [7, 11) is 0. The Morgan fingerprint density at radius 2 is 0.824 bits per heavy atom. The third-order valence-electron chi connectivity index (χ3n) is 9.70. The molecule has 0 radical (unpaired) electrons. The van der Waals surface area contributed by atoms with Gasteiger partial charge in [0.15, 0.2) is 17.5 Å². The molecule has 0 N–H and O–H groups in total. The molecular formula is C47H29N3O. The Morgan fingerprint density at radius 1 is 0.314 bits per heavy atom. The highest BCUT2D eigenvalue weighted by molar-refractivity contribution is 6.19. The van der Waals surface area contributed by atoms with Gasteiger partial charge in [0.25, 0.3) is 0 Å². The molecule has 10 rings (SSSR count). The predicted octanol–water partition coefficient (Wildman–Crippen LogP) is 12.4. The van der Waals surface area contributed by atoms with Crippen molar-refractivity contribution in [2.45, 2.75) is 0 Å². The van der Waals surface area contributed by atoms with Gasteiger partial charge in [-0.15, -0.1) is 0 Å². The summed E-state index contributed by atoms with van der Waals surface area (Å²) < 4.78 is 6.67. The van der Waals surface area contributed by atoms with Crippen LogP contribution < -0.4 is 0 Å². The SMILES string of the molecule is c1ccc(-c2cc(-c3ccc(-c4nc(-c5ccccc5)nc(-c5ccccc5)n4)c4ccccc34)c3c(c2)oc2cc4ccccc4cc23)cc1. The van der Waals surface area contributed by atoms with Crippen molar-refractivity contribution in [1.29, 1.82) is 0 Å². The van der Waals surface area contributed by atoms with Crippen molar-refractivity contribution in [2.24, 2.45) is 0 Å². The minimum absolute atomic E-state index is 0.633. The van der Waals surface area contributed by atoms with Crippen LogP contribution in [0.3, 0.4) is 0 Å². The van der Waals surface area contributed by atoms with E-state index in [0.717, 1.165) is 77.0 Å². The van der Waals surface area contributed by atoms with Gasteiger partial charge in [-0.1, -0.05) is 146 Å². The molecule has 8 aromatic carbocycles. The van der Waals surface area contributed by atoms with Gasteiger partial charge in [0, 0.05) is 27.5 Å². The average molecular weight is 652 g/mol. The predicted molar refractivity (Wildman–Crippen MR) is 209 cm³/mol. The summed E-state index contributed by atoms with van der Waals surface area (Å²) in [5.41, 5.74) is 9.06. The number of furan rings is 1. The van der Waals surface area contributed by atoms with Crippen molar-refractivity contribution >= 4 is 43.5 Å². The molecule has 4 heteroatoms. The first-order valence-electron chi connectivity index (χ1n) is 17.1. The minimum atomic E-state index is 0.633. The summed E-state index contributed by atoms with van der Waals surface area (Å²) in [4.78, 5) is 15.1. The van der Waals surface area contributed by atoms with Crippen LogP contribution in [0.4, 0.5) is 0 Å². The molecule has 2 heterocycles. The lowest BCUT2D eigenvalue weighted by molar-refractivity contribution is 0.669. The molecule has 0 aliphatic rings. The molecule has 51 heavy (non-hydrogen) atoms. The van der Waals surface area contributed by atoms with Gasteiger partial charge in [0.1, 0.15) is 11.2 Å². The van der Waals surface area contributed by atoms with Crippen molar-refractivity contribution in [2.75, 3.05) is 0 Å². The van der Waals surface area contributed by atoms with Crippen LogP contribution in [0, 0.1) is 0 Å². The van der Waals surface area contributed by atoms with Gasteiger partial charge in [-0.2, -0.15) is 0 Å². The number of benzene rings is 8. The summed E-state index contributed by atoms with van der Waals surface area (Å²) in [6.45, 7) is 0. The molecule has 238 valence electrons. The highest BCUT2D eigenvalue weighted by Crippen LogP contribution is 2.44. The Bertz CT molecular complexity index is 2840. The molecule has 2 aromatic heterocycles. The fraction of sp³-hybridized carbons (Fsp3) is 0. The maximum absolute atomic E-state index is 6.67. The van der Waals surface area contributed by atoms with Gasteiger partial charge >= 0.3 is 0 Å². The summed E-state index contributed by atoms with van der Waals surface area (Å²) in [5, 5.41) is 6.72. The number of aromatic nitrogens is 3. The molecule has 0 saturated heterocycles. The Hall–Kier alpha value is -6.91. The van der Waals surface area contributed by atoms with Crippen molar-refractivity contribution in [1.82, 2.24) is 15.0 Å². The second-order valence-electron chi connectivity index (χ2n) is 12.8. The molecule has 0 saturated carbocycles. The van der Waals surface area contributed by atoms with Crippen molar-refractivity contribution in [3.8, 4) is 56.4 Å². The minimum Gasteiger partial charge on any atom is -0.456 e. The number of nitrogens with zero attached hydrogens (tertiary/aromatic N) is 3. The molecule has 0 amide bonds. The van der Waals surface area contributed by atoms with Crippen LogP contribution in [0.2, 0.25) is 0 Å². The van der Waals surface area contributed by atoms with E-state index in [9.17, 15) is 0 Å². The Labute approximate surface area is 294 Å². The van der Waals surface area contributed by atoms with Crippen molar-refractivity contribution < 1.29 is 4.42 Å². The van der Waals surface area contributed by atoms with E-state index in [0.29, 0.717) is 17.5 Å². The Kier molecular flexibility index (Phi) is 6.78. The third kappa shape index (κ3) is 5.04. The summed E-state index contributed by atoms with van der Waals surface area (Å²) in [6, 6.07) is 61.0. The Balaban J connectivity index is 1.24. The van der Waals surface area contributed by atoms with E-state index in [1.54, 1.807) is 0 Å². The molecule has 4 nitrogen and oxygen atoms in total. The topological polar surface area (TPSA) is 51.8 Å². The Morgan fingerprint density at radius 3 is 1.47 bits per heavy atom. The largest absolute Gasteiger partial charge is 0.456 e. The van der Waals surface area contributed by atoms with E-state index in [1.807, 2.05) is 60.7 Å². The zero-order valence-corrected chi connectivity index (χ0v) is 27.5. The quantitative estimate of drug-likeness (QED) is 0.186. The normalized spacial score (nSPS) is 11.5. The molecule has 0 unspecified atom stereocenters. The second kappa shape index (κ2) is 11.9. The summed E-state index contributed by atoms with van der Waals surface area (Å²) >= 11 is 0. The standard InChI is InChI=1S/C47H29N3O/c1-4-14-30(15-5-1)35-27-40(44-41-26-33-20-10-11-21-34(33)28-42(41)51-43(44)29-35)38-24-25-39(37-23-13-12-22-36(37)38)47-49-45(31-16-6-2-7-17-31)48-46(50-47)32-18-8-3-9-19-32/h1-29H. The fourth-order valence-corrected chi connectivity index (χ4v) is 7.26. The number of fused-ring (bicyclic) bond motifs is 5. The lowest BCUT2D eigenvalue weighted by Gasteiger charge is -2.15. The maximum Gasteiger partial charge on any atom is 0.164 e. The maximum atomic E-state index is 6.67. The number of hydrogen-bond acceptors (Lipinski definition) is 4. The first kappa shape index (κ1) is 29.0. The molecule has 0 spiro atoms. The summed E-state index contributed by atoms with van der Waals surface area (Å²) in [5.74, 6) is 1.91. The van der Waals surface area contributed by atoms with Crippen LogP contribution in [0.5, 0.6) is 0 Å². The van der Waals surface area contributed by atoms with Crippen molar-refractivity contribution in [3.05, 3.63) is 176 Å². The van der Waals surface area contributed by atoms with Gasteiger partial charge < -0.3 is 4.42 Å². The number of rotatable bonds is 5. The highest BCUT2D eigenvalue weighted by Gasteiger charge is 2.20. The van der Waals surface area contributed by atoms with Gasteiger partial charge in [-0.05, 0) is 74.1 Å². The lowest BCUT2D eigenvalue weighted by atomic mass is 9.90. The smallest absolute Gasteiger partial charge is 0.164 e. The lowest BCUT2D eigenvalue weighted by Crippen LogP contribution is -2.00. The molecular weight excluding hydrogens is 623 g/mol. The molecule has 0 aliphatic heterocycles. The third-order valence-corrected chi connectivity index (χ3v) is 9.70. The van der Waals surface area contributed by atoms with Crippen molar-refractivity contribution in [3.63, 3.8) is 0 Å². The van der Waals surface area contributed by atoms with Crippen LogP contribution in [-0.4, -0.2) is 15.0 Å². The van der Waals surface area contributed by atoms with E-state index >= 15 is 0 Å². The fourth-order valence-electron chi connectivity index (χ4n) is 7.26. The van der Waals surface area contributed by atoms with Crippen LogP contribution in [0.15, 0.2) is 180 Å². The average Bonchev–Trinajstić information content (AvgIpc) is 3.57. The zero-order valence-electron chi connectivity index (χ0n) is 27.5. The van der Waals surface area contributed by atoms with Crippen LogP contribution in [0.1, 0.15) is 0 Å². The molecule has 0 aliphatic carbocycles. The van der Waals surface area contributed by atoms with Gasteiger partial charge in [0.05, 0.1) is 0 Å². The van der Waals surface area contributed by atoms with E-state index in [1.165, 1.54) is 5.39 Å². The molecule has 0 atom stereocenters. The van der Waals surface area contributed by atoms with E-state index < -0.39 is 0 Å². The van der Waals surface area contributed by atoms with E-state index in [2.05, 4.69) is 115 Å². The molecule has 0 fully saturated rings. The van der Waals surface area contributed by atoms with Crippen LogP contribution in [0.25, 0.3) is 99.9 Å². The number of hydrogen-bond donors (Lipinski definition) is 0. The first-order valence-corrected chi connectivity index (χ1v) is 17.1. The zero-order chi connectivity index (χ0) is 33.7. The van der Waals surface area contributed by atoms with Gasteiger partial charge in [-0.3, -0.25) is 0 Å². The van der Waals surface area contributed by atoms with Gasteiger partial charge in [0.2, 0.25) is 0 Å².